The van der Waals surface area contributed by atoms with E-state index in [-0.39, 0.29) is 17.8 Å². The minimum Gasteiger partial charge on any atom is -0.377 e. The first kappa shape index (κ1) is 14.3. The van der Waals surface area contributed by atoms with Crippen LogP contribution in [0.1, 0.15) is 40.0 Å². The standard InChI is InChI=1S/C14H27NO3/c1-5-17-12-8-11(13(12)16-4)15-10-6-7-18-14(2,3)9-10/h10-13,15H,5-9H2,1-4H3. The smallest absolute Gasteiger partial charge is 0.0986 e. The van der Waals surface area contributed by atoms with Crippen LogP contribution in [0.25, 0.3) is 0 Å². The van der Waals surface area contributed by atoms with Gasteiger partial charge in [-0.2, -0.15) is 0 Å². The zero-order valence-electron chi connectivity index (χ0n) is 12.1. The molecule has 0 spiro atoms. The van der Waals surface area contributed by atoms with E-state index in [1.54, 1.807) is 7.11 Å². The number of nitrogens with one attached hydrogen (secondary N) is 1. The molecule has 1 heterocycles. The highest BCUT2D eigenvalue weighted by molar-refractivity contribution is 4.99. The Morgan fingerprint density at radius 3 is 2.78 bits per heavy atom. The van der Waals surface area contributed by atoms with Gasteiger partial charge in [-0.1, -0.05) is 0 Å². The van der Waals surface area contributed by atoms with Crippen LogP contribution in [0.2, 0.25) is 0 Å². The topological polar surface area (TPSA) is 39.7 Å². The lowest BCUT2D eigenvalue weighted by Gasteiger charge is -2.46. The third-order valence-corrected chi connectivity index (χ3v) is 4.05. The lowest BCUT2D eigenvalue weighted by molar-refractivity contribution is -0.138. The molecule has 1 saturated carbocycles. The Labute approximate surface area is 110 Å². The minimum absolute atomic E-state index is 0.00154. The number of hydrogen-bond acceptors (Lipinski definition) is 4. The first-order valence-electron chi connectivity index (χ1n) is 7.10. The van der Waals surface area contributed by atoms with E-state index in [4.69, 9.17) is 14.2 Å². The second-order valence-corrected chi connectivity index (χ2v) is 6.00. The third kappa shape index (κ3) is 3.23. The van der Waals surface area contributed by atoms with Gasteiger partial charge in [-0.05, 0) is 40.0 Å². The highest BCUT2D eigenvalue weighted by Crippen LogP contribution is 2.30. The van der Waals surface area contributed by atoms with E-state index in [1.807, 2.05) is 6.92 Å². The second kappa shape index (κ2) is 5.87. The monoisotopic (exact) mass is 257 g/mol. The van der Waals surface area contributed by atoms with Gasteiger partial charge in [0.15, 0.2) is 0 Å². The quantitative estimate of drug-likeness (QED) is 0.814. The summed E-state index contributed by atoms with van der Waals surface area (Å²) >= 11 is 0. The van der Waals surface area contributed by atoms with Crippen LogP contribution in [-0.2, 0) is 14.2 Å². The number of ether oxygens (including phenoxy) is 3. The average Bonchev–Trinajstić information content (AvgIpc) is 2.26. The Hall–Kier alpha value is -0.160. The van der Waals surface area contributed by atoms with Crippen molar-refractivity contribution in [3.8, 4) is 0 Å². The molecule has 1 N–H and O–H groups in total. The van der Waals surface area contributed by atoms with Gasteiger partial charge >= 0.3 is 0 Å². The maximum absolute atomic E-state index is 5.75. The first-order chi connectivity index (χ1) is 8.55. The van der Waals surface area contributed by atoms with Gasteiger partial charge in [0.05, 0.1) is 17.8 Å². The molecule has 1 aliphatic carbocycles. The SMILES string of the molecule is CCOC1CC(NC2CCOC(C)(C)C2)C1OC. The van der Waals surface area contributed by atoms with Gasteiger partial charge in [0.25, 0.3) is 0 Å². The van der Waals surface area contributed by atoms with Crippen molar-refractivity contribution in [3.63, 3.8) is 0 Å². The summed E-state index contributed by atoms with van der Waals surface area (Å²) in [4.78, 5) is 0. The van der Waals surface area contributed by atoms with Gasteiger partial charge in [-0.3, -0.25) is 0 Å². The van der Waals surface area contributed by atoms with Crippen molar-refractivity contribution in [2.45, 2.75) is 69.9 Å². The largest absolute Gasteiger partial charge is 0.377 e. The predicted octanol–water partition coefficient (Wildman–Crippen LogP) is 1.73. The second-order valence-electron chi connectivity index (χ2n) is 6.00. The summed E-state index contributed by atoms with van der Waals surface area (Å²) in [7, 11) is 1.78. The van der Waals surface area contributed by atoms with Crippen molar-refractivity contribution in [2.75, 3.05) is 20.3 Å². The molecule has 4 heteroatoms. The Balaban J connectivity index is 1.80. The molecule has 2 aliphatic rings. The van der Waals surface area contributed by atoms with Crippen LogP contribution in [0, 0.1) is 0 Å². The molecule has 4 nitrogen and oxygen atoms in total. The van der Waals surface area contributed by atoms with E-state index in [0.29, 0.717) is 12.1 Å². The molecule has 0 radical (unpaired) electrons. The third-order valence-electron chi connectivity index (χ3n) is 4.05. The predicted molar refractivity (Wildman–Crippen MR) is 70.8 cm³/mol. The molecule has 18 heavy (non-hydrogen) atoms. The molecule has 0 aromatic rings. The van der Waals surface area contributed by atoms with E-state index >= 15 is 0 Å². The molecule has 4 atom stereocenters. The maximum atomic E-state index is 5.75. The van der Waals surface area contributed by atoms with Gasteiger partial charge in [-0.15, -0.1) is 0 Å². The molecule has 0 aromatic carbocycles. The number of rotatable bonds is 5. The summed E-state index contributed by atoms with van der Waals surface area (Å²) in [6.07, 6.45) is 3.69. The van der Waals surface area contributed by atoms with Crippen molar-refractivity contribution >= 4 is 0 Å². The fourth-order valence-corrected chi connectivity index (χ4v) is 3.11. The number of hydrogen-bond donors (Lipinski definition) is 1. The average molecular weight is 257 g/mol. The number of methoxy groups -OCH3 is 1. The van der Waals surface area contributed by atoms with Gasteiger partial charge < -0.3 is 19.5 Å². The van der Waals surface area contributed by atoms with Gasteiger partial charge in [0.1, 0.15) is 0 Å². The Kier molecular flexibility index (Phi) is 4.64. The molecule has 0 aromatic heterocycles. The lowest BCUT2D eigenvalue weighted by Crippen LogP contribution is -2.62. The maximum Gasteiger partial charge on any atom is 0.0986 e. The molecule has 1 aliphatic heterocycles. The van der Waals surface area contributed by atoms with E-state index < -0.39 is 0 Å². The first-order valence-corrected chi connectivity index (χ1v) is 7.10. The normalized spacial score (nSPS) is 39.3. The highest BCUT2D eigenvalue weighted by atomic mass is 16.5. The lowest BCUT2D eigenvalue weighted by atomic mass is 9.83. The van der Waals surface area contributed by atoms with Crippen molar-refractivity contribution in [2.24, 2.45) is 0 Å². The Morgan fingerprint density at radius 1 is 1.39 bits per heavy atom. The fourth-order valence-electron chi connectivity index (χ4n) is 3.11. The molecule has 2 rings (SSSR count). The van der Waals surface area contributed by atoms with E-state index in [2.05, 4.69) is 19.2 Å². The van der Waals surface area contributed by atoms with Gasteiger partial charge in [-0.25, -0.2) is 0 Å². The van der Waals surface area contributed by atoms with Gasteiger partial charge in [0, 0.05) is 32.4 Å². The van der Waals surface area contributed by atoms with Crippen LogP contribution in [0.3, 0.4) is 0 Å². The zero-order valence-corrected chi connectivity index (χ0v) is 12.1. The Morgan fingerprint density at radius 2 is 2.17 bits per heavy atom. The van der Waals surface area contributed by atoms with Crippen molar-refractivity contribution in [1.82, 2.24) is 5.32 Å². The Bertz CT molecular complexity index is 270. The molecule has 2 fully saturated rings. The van der Waals surface area contributed by atoms with E-state index in [1.165, 1.54) is 0 Å². The van der Waals surface area contributed by atoms with Gasteiger partial charge in [0.2, 0.25) is 0 Å². The zero-order chi connectivity index (χ0) is 13.2. The van der Waals surface area contributed by atoms with Crippen molar-refractivity contribution in [1.29, 1.82) is 0 Å². The summed E-state index contributed by atoms with van der Waals surface area (Å²) < 4.78 is 16.9. The summed E-state index contributed by atoms with van der Waals surface area (Å²) in [5.74, 6) is 0. The fraction of sp³-hybridized carbons (Fsp3) is 1.00. The van der Waals surface area contributed by atoms with Crippen LogP contribution in [0.5, 0.6) is 0 Å². The van der Waals surface area contributed by atoms with Crippen LogP contribution >= 0.6 is 0 Å². The molecule has 0 bridgehead atoms. The molecule has 4 unspecified atom stereocenters. The van der Waals surface area contributed by atoms with E-state index in [0.717, 1.165) is 32.5 Å². The van der Waals surface area contributed by atoms with Crippen LogP contribution in [0.4, 0.5) is 0 Å². The summed E-state index contributed by atoms with van der Waals surface area (Å²) in [5, 5.41) is 3.72. The molecular formula is C14H27NO3. The van der Waals surface area contributed by atoms with E-state index in [9.17, 15) is 0 Å². The molecule has 0 amide bonds. The summed E-state index contributed by atoms with van der Waals surface area (Å²) in [5.41, 5.74) is 0.00154. The summed E-state index contributed by atoms with van der Waals surface area (Å²) in [6.45, 7) is 7.98. The summed E-state index contributed by atoms with van der Waals surface area (Å²) in [6, 6.07) is 0.976. The minimum atomic E-state index is 0.00154. The van der Waals surface area contributed by atoms with Crippen molar-refractivity contribution < 1.29 is 14.2 Å². The molecular weight excluding hydrogens is 230 g/mol. The van der Waals surface area contributed by atoms with Crippen LogP contribution < -0.4 is 5.32 Å². The van der Waals surface area contributed by atoms with Crippen LogP contribution in [0.15, 0.2) is 0 Å². The van der Waals surface area contributed by atoms with Crippen molar-refractivity contribution in [3.05, 3.63) is 0 Å². The molecule has 106 valence electrons. The highest BCUT2D eigenvalue weighted by Gasteiger charge is 2.43. The van der Waals surface area contributed by atoms with Crippen LogP contribution in [-0.4, -0.2) is 50.2 Å². The molecule has 1 saturated heterocycles.